The lowest BCUT2D eigenvalue weighted by Gasteiger charge is -2.20. The van der Waals surface area contributed by atoms with Gasteiger partial charge in [-0.05, 0) is 22.6 Å². The van der Waals surface area contributed by atoms with Gasteiger partial charge in [0, 0.05) is 11.6 Å². The Labute approximate surface area is 113 Å². The van der Waals surface area contributed by atoms with Gasteiger partial charge in [-0.2, -0.15) is 0 Å². The second-order valence-electron chi connectivity index (χ2n) is 4.90. The van der Waals surface area contributed by atoms with Crippen molar-refractivity contribution in [3.05, 3.63) is 15.5 Å². The van der Waals surface area contributed by atoms with Crippen molar-refractivity contribution >= 4 is 45.3 Å². The van der Waals surface area contributed by atoms with Crippen molar-refractivity contribution in [3.63, 3.8) is 0 Å². The van der Waals surface area contributed by atoms with Crippen LogP contribution in [0.5, 0.6) is 0 Å². The predicted octanol–water partition coefficient (Wildman–Crippen LogP) is 2.09. The molecule has 2 aromatic rings. The molecule has 0 bridgehead atoms. The van der Waals surface area contributed by atoms with Crippen molar-refractivity contribution in [3.8, 4) is 0 Å². The summed E-state index contributed by atoms with van der Waals surface area (Å²) in [6.07, 6.45) is 1.69. The Morgan fingerprint density at radius 1 is 1.18 bits per heavy atom. The number of aromatic nitrogens is 3. The van der Waals surface area contributed by atoms with E-state index in [1.807, 2.05) is 0 Å². The topological polar surface area (TPSA) is 90.7 Å². The summed E-state index contributed by atoms with van der Waals surface area (Å²) in [5.74, 6) is 0.719. The lowest BCUT2D eigenvalue weighted by atomic mass is 9.89. The predicted molar refractivity (Wildman–Crippen MR) is 77.6 cm³/mol. The zero-order valence-corrected chi connectivity index (χ0v) is 12.1. The molecule has 0 amide bonds. The largest absolute Gasteiger partial charge is 0.383 e. The summed E-state index contributed by atoms with van der Waals surface area (Å²) in [7, 11) is 0. The highest BCUT2D eigenvalue weighted by Crippen LogP contribution is 2.32. The van der Waals surface area contributed by atoms with E-state index in [4.69, 9.17) is 11.5 Å². The van der Waals surface area contributed by atoms with Gasteiger partial charge >= 0.3 is 0 Å². The van der Waals surface area contributed by atoms with Crippen LogP contribution >= 0.6 is 22.6 Å². The first-order valence-corrected chi connectivity index (χ1v) is 6.26. The molecule has 6 heteroatoms. The minimum absolute atomic E-state index is 0.157. The van der Waals surface area contributed by atoms with Crippen molar-refractivity contribution in [2.45, 2.75) is 26.2 Å². The molecule has 0 saturated heterocycles. The molecule has 2 heterocycles. The molecule has 0 radical (unpaired) electrons. The second kappa shape index (κ2) is 3.94. The Morgan fingerprint density at radius 3 is 2.41 bits per heavy atom. The van der Waals surface area contributed by atoms with Crippen molar-refractivity contribution in [2.24, 2.45) is 0 Å². The highest BCUT2D eigenvalue weighted by atomic mass is 127. The van der Waals surface area contributed by atoms with Crippen molar-refractivity contribution in [2.75, 3.05) is 11.5 Å². The van der Waals surface area contributed by atoms with Gasteiger partial charge in [0.1, 0.15) is 5.82 Å². The molecule has 4 N–H and O–H groups in total. The summed E-state index contributed by atoms with van der Waals surface area (Å²) in [5.41, 5.74) is 13.1. The van der Waals surface area contributed by atoms with Gasteiger partial charge in [-0.25, -0.2) is 15.0 Å². The molecule has 0 aliphatic rings. The second-order valence-corrected chi connectivity index (χ2v) is 6.06. The number of nitrogens with two attached hydrogens (primary N) is 2. The van der Waals surface area contributed by atoms with Crippen LogP contribution in [0.15, 0.2) is 6.20 Å². The molecule has 0 spiro atoms. The summed E-state index contributed by atoms with van der Waals surface area (Å²) < 4.78 is 0.923. The highest BCUT2D eigenvalue weighted by Gasteiger charge is 2.23. The van der Waals surface area contributed by atoms with Crippen LogP contribution < -0.4 is 11.5 Å². The number of hydrogen-bond acceptors (Lipinski definition) is 5. The monoisotopic (exact) mass is 343 g/mol. The van der Waals surface area contributed by atoms with E-state index in [2.05, 4.69) is 58.3 Å². The third-order valence-electron chi connectivity index (χ3n) is 2.44. The molecule has 2 rings (SSSR count). The molecule has 0 atom stereocenters. The average Bonchev–Trinajstić information content (AvgIpc) is 2.21. The van der Waals surface area contributed by atoms with Crippen LogP contribution in [0, 0.1) is 3.57 Å². The van der Waals surface area contributed by atoms with Crippen LogP contribution in [0.25, 0.3) is 10.9 Å². The Morgan fingerprint density at radius 2 is 1.82 bits per heavy atom. The molecule has 2 aromatic heterocycles. The number of fused-ring (bicyclic) bond motifs is 1. The molecule has 90 valence electrons. The van der Waals surface area contributed by atoms with Gasteiger partial charge in [-0.3, -0.25) is 0 Å². The van der Waals surface area contributed by atoms with E-state index >= 15 is 0 Å². The first-order chi connectivity index (χ1) is 7.80. The fraction of sp³-hybridized carbons (Fsp3) is 0.364. The van der Waals surface area contributed by atoms with E-state index in [-0.39, 0.29) is 11.4 Å². The quantitative estimate of drug-likeness (QED) is 0.715. The average molecular weight is 343 g/mol. The minimum atomic E-state index is -0.157. The van der Waals surface area contributed by atoms with E-state index < -0.39 is 0 Å². The van der Waals surface area contributed by atoms with E-state index in [0.717, 1.165) is 20.2 Å². The number of hydrogen-bond donors (Lipinski definition) is 2. The van der Waals surface area contributed by atoms with Gasteiger partial charge in [0.15, 0.2) is 0 Å². The van der Waals surface area contributed by atoms with Gasteiger partial charge in [0.05, 0.1) is 20.2 Å². The smallest absolute Gasteiger partial charge is 0.220 e. The first kappa shape index (κ1) is 12.3. The van der Waals surface area contributed by atoms with E-state index in [1.165, 1.54) is 0 Å². The molecule has 0 fully saturated rings. The van der Waals surface area contributed by atoms with Crippen LogP contribution in [0.1, 0.15) is 26.5 Å². The van der Waals surface area contributed by atoms with Crippen molar-refractivity contribution in [1.29, 1.82) is 0 Å². The standard InChI is InChI=1S/C11H14IN5/c1-11(2,3)8-6-7(16-10(14)17-8)5(12)4-15-9(6)13/h4H,1-3H3,(H2,13,15)(H2,14,16,17). The number of anilines is 2. The van der Waals surface area contributed by atoms with E-state index in [0.29, 0.717) is 5.82 Å². The maximum Gasteiger partial charge on any atom is 0.220 e. The summed E-state index contributed by atoms with van der Waals surface area (Å²) >= 11 is 2.17. The molecule has 0 aliphatic carbocycles. The van der Waals surface area contributed by atoms with Crippen molar-refractivity contribution < 1.29 is 0 Å². The molecule has 17 heavy (non-hydrogen) atoms. The maximum atomic E-state index is 5.94. The number of pyridine rings is 1. The number of halogens is 1. The fourth-order valence-electron chi connectivity index (χ4n) is 1.69. The number of nitrogen functional groups attached to an aromatic ring is 2. The van der Waals surface area contributed by atoms with E-state index in [1.54, 1.807) is 6.20 Å². The zero-order chi connectivity index (χ0) is 12.8. The molecule has 0 aliphatic heterocycles. The summed E-state index contributed by atoms with van der Waals surface area (Å²) in [5, 5.41) is 0.804. The third kappa shape index (κ3) is 2.13. The lowest BCUT2D eigenvalue weighted by molar-refractivity contribution is 0.575. The Hall–Kier alpha value is -1.18. The van der Waals surface area contributed by atoms with Gasteiger partial charge in [-0.15, -0.1) is 0 Å². The van der Waals surface area contributed by atoms with Crippen LogP contribution in [0.3, 0.4) is 0 Å². The molecule has 0 saturated carbocycles. The first-order valence-electron chi connectivity index (χ1n) is 5.18. The Bertz CT molecular complexity index is 588. The van der Waals surface area contributed by atoms with Gasteiger partial charge < -0.3 is 11.5 Å². The number of rotatable bonds is 0. The van der Waals surface area contributed by atoms with E-state index in [9.17, 15) is 0 Å². The number of nitrogens with zero attached hydrogens (tertiary/aromatic N) is 3. The molecule has 0 aromatic carbocycles. The Kier molecular flexibility index (Phi) is 2.84. The lowest BCUT2D eigenvalue weighted by Crippen LogP contribution is -2.17. The van der Waals surface area contributed by atoms with Crippen LogP contribution in [0.2, 0.25) is 0 Å². The summed E-state index contributed by atoms with van der Waals surface area (Å²) in [6.45, 7) is 6.19. The third-order valence-corrected chi connectivity index (χ3v) is 3.23. The van der Waals surface area contributed by atoms with Gasteiger partial charge in [0.25, 0.3) is 0 Å². The maximum absolute atomic E-state index is 5.94. The Balaban J connectivity index is 2.98. The van der Waals surface area contributed by atoms with Gasteiger partial charge in [-0.1, -0.05) is 20.8 Å². The zero-order valence-electron chi connectivity index (χ0n) is 9.95. The van der Waals surface area contributed by atoms with Crippen LogP contribution in [0.4, 0.5) is 11.8 Å². The minimum Gasteiger partial charge on any atom is -0.383 e. The van der Waals surface area contributed by atoms with Crippen LogP contribution in [-0.2, 0) is 5.41 Å². The van der Waals surface area contributed by atoms with Crippen molar-refractivity contribution in [1.82, 2.24) is 15.0 Å². The molecule has 5 nitrogen and oxygen atoms in total. The van der Waals surface area contributed by atoms with Gasteiger partial charge in [0.2, 0.25) is 5.95 Å². The molecular formula is C11H14IN5. The molecular weight excluding hydrogens is 329 g/mol. The summed E-state index contributed by atoms with van der Waals surface area (Å²) in [6, 6.07) is 0. The SMILES string of the molecule is CC(C)(C)c1nc(N)nc2c(I)cnc(N)c12. The van der Waals surface area contributed by atoms with Crippen LogP contribution in [-0.4, -0.2) is 15.0 Å². The molecule has 0 unspecified atom stereocenters. The fourth-order valence-corrected chi connectivity index (χ4v) is 2.22. The summed E-state index contributed by atoms with van der Waals surface area (Å²) in [4.78, 5) is 12.7. The normalized spacial score (nSPS) is 12.0. The highest BCUT2D eigenvalue weighted by molar-refractivity contribution is 14.1.